The summed E-state index contributed by atoms with van der Waals surface area (Å²) in [6, 6.07) is 14.6. The van der Waals surface area contributed by atoms with Gasteiger partial charge in [-0.2, -0.15) is 0 Å². The monoisotopic (exact) mass is 424 g/mol. The number of ether oxygens (including phenoxy) is 3. The number of methoxy groups -OCH3 is 2. The lowest BCUT2D eigenvalue weighted by atomic mass is 10.1. The van der Waals surface area contributed by atoms with E-state index < -0.39 is 11.9 Å². The molecular weight excluding hydrogens is 400 g/mol. The molecule has 0 fully saturated rings. The molecule has 3 rings (SSSR count). The van der Waals surface area contributed by atoms with Gasteiger partial charge < -0.3 is 24.4 Å². The molecule has 1 amide bonds. The van der Waals surface area contributed by atoms with Crippen molar-refractivity contribution in [1.29, 1.82) is 0 Å². The van der Waals surface area contributed by atoms with Gasteiger partial charge in [-0.15, -0.1) is 0 Å². The molecule has 162 valence electrons. The van der Waals surface area contributed by atoms with Gasteiger partial charge in [-0.05, 0) is 24.6 Å². The zero-order chi connectivity index (χ0) is 22.4. The van der Waals surface area contributed by atoms with E-state index in [1.54, 1.807) is 24.3 Å². The number of rotatable bonds is 6. The van der Waals surface area contributed by atoms with Crippen LogP contribution in [0.4, 0.5) is 5.69 Å². The first-order chi connectivity index (χ1) is 15.0. The standard InChI is InChI=1S/C23H24N2O6/c1-15-8-10-16(11-9-15)12-24-21(26)17-6-4-5-7-19(17)25-14-31-13-18(22(27)29-2)20(25)23(28)30-3/h4-11H,12-14H2,1-3H3,(H,24,26). The number of anilines is 1. The Morgan fingerprint density at radius 1 is 1.00 bits per heavy atom. The van der Waals surface area contributed by atoms with Gasteiger partial charge in [-0.25, -0.2) is 9.59 Å². The fourth-order valence-electron chi connectivity index (χ4n) is 3.22. The fraction of sp³-hybridized carbons (Fsp3) is 0.261. The molecule has 0 bridgehead atoms. The van der Waals surface area contributed by atoms with Gasteiger partial charge in [0.05, 0.1) is 37.7 Å². The van der Waals surface area contributed by atoms with Gasteiger partial charge in [0, 0.05) is 6.54 Å². The van der Waals surface area contributed by atoms with Crippen LogP contribution in [0, 0.1) is 6.92 Å². The van der Waals surface area contributed by atoms with Crippen molar-refractivity contribution in [2.75, 3.05) is 32.5 Å². The van der Waals surface area contributed by atoms with Crippen LogP contribution in [0.5, 0.6) is 0 Å². The highest BCUT2D eigenvalue weighted by molar-refractivity contribution is 6.06. The van der Waals surface area contributed by atoms with E-state index in [4.69, 9.17) is 14.2 Å². The third-order valence-corrected chi connectivity index (χ3v) is 4.85. The zero-order valence-corrected chi connectivity index (χ0v) is 17.6. The zero-order valence-electron chi connectivity index (χ0n) is 17.6. The van der Waals surface area contributed by atoms with Crippen LogP contribution in [0.3, 0.4) is 0 Å². The summed E-state index contributed by atoms with van der Waals surface area (Å²) in [4.78, 5) is 39.1. The molecule has 31 heavy (non-hydrogen) atoms. The molecule has 8 nitrogen and oxygen atoms in total. The number of amides is 1. The Kier molecular flexibility index (Phi) is 7.04. The van der Waals surface area contributed by atoms with Crippen molar-refractivity contribution in [3.05, 3.63) is 76.5 Å². The van der Waals surface area contributed by atoms with E-state index in [0.717, 1.165) is 11.1 Å². The molecule has 1 heterocycles. The molecule has 0 aromatic heterocycles. The first-order valence-electron chi connectivity index (χ1n) is 9.64. The Morgan fingerprint density at radius 2 is 1.68 bits per heavy atom. The number of hydrogen-bond donors (Lipinski definition) is 1. The third-order valence-electron chi connectivity index (χ3n) is 4.85. The van der Waals surface area contributed by atoms with Gasteiger partial charge in [-0.3, -0.25) is 4.79 Å². The number of nitrogens with one attached hydrogen (secondary N) is 1. The van der Waals surface area contributed by atoms with Crippen molar-refractivity contribution in [1.82, 2.24) is 5.32 Å². The second kappa shape index (κ2) is 9.90. The Morgan fingerprint density at radius 3 is 2.35 bits per heavy atom. The molecule has 0 unspecified atom stereocenters. The summed E-state index contributed by atoms with van der Waals surface area (Å²) in [7, 11) is 2.44. The number of carbonyl (C=O) groups excluding carboxylic acids is 3. The number of nitrogens with zero attached hydrogens (tertiary/aromatic N) is 1. The molecule has 0 saturated carbocycles. The first kappa shape index (κ1) is 22.0. The quantitative estimate of drug-likeness (QED) is 0.711. The summed E-state index contributed by atoms with van der Waals surface area (Å²) in [6.07, 6.45) is 0. The number of para-hydroxylation sites is 1. The fourth-order valence-corrected chi connectivity index (χ4v) is 3.22. The SMILES string of the molecule is COC(=O)C1=C(C(=O)OC)N(c2ccccc2C(=O)NCc2ccc(C)cc2)COC1. The largest absolute Gasteiger partial charge is 0.466 e. The second-order valence-electron chi connectivity index (χ2n) is 6.90. The van der Waals surface area contributed by atoms with Crippen molar-refractivity contribution in [2.24, 2.45) is 0 Å². The highest BCUT2D eigenvalue weighted by Crippen LogP contribution is 2.29. The Hall–Kier alpha value is -3.65. The van der Waals surface area contributed by atoms with Crippen LogP contribution >= 0.6 is 0 Å². The molecule has 0 atom stereocenters. The summed E-state index contributed by atoms with van der Waals surface area (Å²) in [5.74, 6) is -1.75. The Bertz CT molecular complexity index is 1010. The summed E-state index contributed by atoms with van der Waals surface area (Å²) in [5.41, 5.74) is 2.83. The maximum atomic E-state index is 13.0. The molecule has 1 N–H and O–H groups in total. The molecule has 1 aliphatic heterocycles. The van der Waals surface area contributed by atoms with Gasteiger partial charge in [0.1, 0.15) is 12.4 Å². The maximum absolute atomic E-state index is 13.0. The molecule has 2 aromatic rings. The number of benzene rings is 2. The average molecular weight is 424 g/mol. The smallest absolute Gasteiger partial charge is 0.355 e. The second-order valence-corrected chi connectivity index (χ2v) is 6.90. The minimum absolute atomic E-state index is 0.0145. The molecule has 1 aliphatic rings. The topological polar surface area (TPSA) is 94.2 Å². The highest BCUT2D eigenvalue weighted by atomic mass is 16.5. The van der Waals surface area contributed by atoms with E-state index in [1.165, 1.54) is 19.1 Å². The Labute approximate surface area is 180 Å². The Balaban J connectivity index is 1.93. The van der Waals surface area contributed by atoms with E-state index in [-0.39, 0.29) is 30.5 Å². The van der Waals surface area contributed by atoms with Crippen LogP contribution in [-0.2, 0) is 30.3 Å². The van der Waals surface area contributed by atoms with Crippen molar-refractivity contribution >= 4 is 23.5 Å². The maximum Gasteiger partial charge on any atom is 0.355 e. The third kappa shape index (κ3) is 4.92. The van der Waals surface area contributed by atoms with Gasteiger partial charge >= 0.3 is 11.9 Å². The number of carbonyl (C=O) groups is 3. The molecule has 0 radical (unpaired) electrons. The van der Waals surface area contributed by atoms with Crippen LogP contribution in [0.25, 0.3) is 0 Å². The lowest BCUT2D eigenvalue weighted by Crippen LogP contribution is -2.40. The summed E-state index contributed by atoms with van der Waals surface area (Å²) < 4.78 is 15.2. The molecule has 0 saturated heterocycles. The minimum Gasteiger partial charge on any atom is -0.466 e. The summed E-state index contributed by atoms with van der Waals surface area (Å²) >= 11 is 0. The predicted octanol–water partition coefficient (Wildman–Crippen LogP) is 2.32. The molecule has 0 spiro atoms. The first-order valence-corrected chi connectivity index (χ1v) is 9.64. The summed E-state index contributed by atoms with van der Waals surface area (Å²) in [6.45, 7) is 2.20. The average Bonchev–Trinajstić information content (AvgIpc) is 2.82. The van der Waals surface area contributed by atoms with Gasteiger partial charge in [0.2, 0.25) is 0 Å². The number of hydrogen-bond acceptors (Lipinski definition) is 7. The van der Waals surface area contributed by atoms with Gasteiger partial charge in [0.25, 0.3) is 5.91 Å². The van der Waals surface area contributed by atoms with E-state index in [1.807, 2.05) is 31.2 Å². The highest BCUT2D eigenvalue weighted by Gasteiger charge is 2.33. The number of aryl methyl sites for hydroxylation is 1. The van der Waals surface area contributed by atoms with Crippen LogP contribution < -0.4 is 10.2 Å². The normalized spacial score (nSPS) is 13.6. The molecule has 0 aliphatic carbocycles. The molecule has 8 heteroatoms. The van der Waals surface area contributed by atoms with Crippen LogP contribution in [0.15, 0.2) is 59.8 Å². The van der Waals surface area contributed by atoms with E-state index in [9.17, 15) is 14.4 Å². The minimum atomic E-state index is -0.724. The predicted molar refractivity (Wildman–Crippen MR) is 113 cm³/mol. The van der Waals surface area contributed by atoms with Gasteiger partial charge in [-0.1, -0.05) is 42.0 Å². The number of esters is 2. The van der Waals surface area contributed by atoms with E-state index >= 15 is 0 Å². The van der Waals surface area contributed by atoms with E-state index in [2.05, 4.69) is 5.32 Å². The molecule has 2 aromatic carbocycles. The lowest BCUT2D eigenvalue weighted by molar-refractivity contribution is -0.140. The van der Waals surface area contributed by atoms with Crippen molar-refractivity contribution in [3.63, 3.8) is 0 Å². The lowest BCUT2D eigenvalue weighted by Gasteiger charge is -2.32. The van der Waals surface area contributed by atoms with Crippen molar-refractivity contribution < 1.29 is 28.6 Å². The van der Waals surface area contributed by atoms with Crippen molar-refractivity contribution in [2.45, 2.75) is 13.5 Å². The summed E-state index contributed by atoms with van der Waals surface area (Å²) in [5, 5.41) is 2.89. The van der Waals surface area contributed by atoms with Crippen molar-refractivity contribution in [3.8, 4) is 0 Å². The van der Waals surface area contributed by atoms with Gasteiger partial charge in [0.15, 0.2) is 0 Å². The van der Waals surface area contributed by atoms with Crippen LogP contribution in [0.2, 0.25) is 0 Å². The van der Waals surface area contributed by atoms with Crippen LogP contribution in [-0.4, -0.2) is 45.4 Å². The van der Waals surface area contributed by atoms with E-state index in [0.29, 0.717) is 17.8 Å². The van der Waals surface area contributed by atoms with Crippen LogP contribution in [0.1, 0.15) is 21.5 Å². The molecular formula is C23H24N2O6.